The van der Waals surface area contributed by atoms with Crippen LogP contribution in [0.1, 0.15) is 12.8 Å². The molecule has 8 heteroatoms. The summed E-state index contributed by atoms with van der Waals surface area (Å²) in [5.74, 6) is -1.67. The summed E-state index contributed by atoms with van der Waals surface area (Å²) in [6.07, 6.45) is 0.379. The number of carbonyl (C=O) groups excluding carboxylic acids is 2. The highest BCUT2D eigenvalue weighted by Crippen LogP contribution is 2.42. The number of amides is 2. The van der Waals surface area contributed by atoms with Gasteiger partial charge in [0.1, 0.15) is 12.1 Å². The number of hydrogen-bond donors (Lipinski definition) is 3. The van der Waals surface area contributed by atoms with Gasteiger partial charge in [-0.2, -0.15) is 0 Å². The number of aliphatic hydroxyl groups is 1. The van der Waals surface area contributed by atoms with Crippen molar-refractivity contribution in [2.24, 2.45) is 11.8 Å². The second-order valence-corrected chi connectivity index (χ2v) is 5.92. The third-order valence-corrected chi connectivity index (χ3v) is 4.31. The molecular weight excluding hydrogens is 312 g/mol. The Balaban J connectivity index is 1.96. The van der Waals surface area contributed by atoms with Crippen molar-refractivity contribution in [2.75, 3.05) is 7.05 Å². The fourth-order valence-electron chi connectivity index (χ4n) is 2.53. The minimum atomic E-state index is -1.91. The Labute approximate surface area is 132 Å². The zero-order chi connectivity index (χ0) is 16.4. The van der Waals surface area contributed by atoms with E-state index >= 15 is 0 Å². The topological polar surface area (TPSA) is 125 Å². The largest absolute Gasteiger partial charge is 0.865 e. The van der Waals surface area contributed by atoms with Crippen LogP contribution in [0.5, 0.6) is 0 Å². The number of allylic oxidation sites excluding steroid dienone is 2. The predicted molar refractivity (Wildman–Crippen MR) is 74.0 cm³/mol. The van der Waals surface area contributed by atoms with Gasteiger partial charge >= 0.3 is 0 Å². The normalized spacial score (nSPS) is 28.0. The van der Waals surface area contributed by atoms with Gasteiger partial charge in [0, 0.05) is 7.05 Å². The second kappa shape index (κ2) is 6.78. The molecule has 4 unspecified atom stereocenters. The molecule has 4 atom stereocenters. The first-order chi connectivity index (χ1) is 10.3. The van der Waals surface area contributed by atoms with E-state index in [-0.39, 0.29) is 22.9 Å². The zero-order valence-electron chi connectivity index (χ0n) is 11.9. The smallest absolute Gasteiger partial charge is 0.250 e. The van der Waals surface area contributed by atoms with Crippen LogP contribution in [0.25, 0.3) is 0 Å². The van der Waals surface area contributed by atoms with Crippen LogP contribution >= 0.6 is 11.6 Å². The molecule has 0 saturated heterocycles. The molecule has 7 nitrogen and oxygen atoms in total. The van der Waals surface area contributed by atoms with Gasteiger partial charge in [-0.15, -0.1) is 0 Å². The van der Waals surface area contributed by atoms with Crippen LogP contribution in [0, 0.1) is 11.8 Å². The van der Waals surface area contributed by atoms with Gasteiger partial charge in [-0.25, -0.2) is 6.29 Å². The Bertz CT molecular complexity index is 531. The fourth-order valence-corrected chi connectivity index (χ4v) is 2.71. The average molecular weight is 329 g/mol. The Kier molecular flexibility index (Phi) is 5.23. The van der Waals surface area contributed by atoms with Crippen LogP contribution in [0.3, 0.4) is 0 Å². The molecule has 2 amide bonds. The van der Waals surface area contributed by atoms with E-state index < -0.39 is 36.2 Å². The highest BCUT2D eigenvalue weighted by Gasteiger charge is 2.38. The molecule has 0 heterocycles. The Morgan fingerprint density at radius 3 is 2.59 bits per heavy atom. The number of rotatable bonds is 6. The first-order valence-electron chi connectivity index (χ1n) is 6.94. The van der Waals surface area contributed by atoms with Crippen LogP contribution in [-0.4, -0.2) is 42.4 Å². The first-order valence-corrected chi connectivity index (χ1v) is 7.32. The van der Waals surface area contributed by atoms with Crippen molar-refractivity contribution >= 4 is 23.4 Å². The lowest BCUT2D eigenvalue weighted by atomic mass is 10.1. The van der Waals surface area contributed by atoms with Crippen molar-refractivity contribution in [3.63, 3.8) is 0 Å². The van der Waals surface area contributed by atoms with Gasteiger partial charge in [-0.3, -0.25) is 9.59 Å². The Hall–Kier alpha value is -1.41. The summed E-state index contributed by atoms with van der Waals surface area (Å²) in [5, 5.41) is 36.5. The number of likely N-dealkylation sites (N-methyl/N-ethyl adjacent to an activating group) is 1. The summed E-state index contributed by atoms with van der Waals surface area (Å²) in [5.41, 5.74) is 0.0526. The van der Waals surface area contributed by atoms with Crippen molar-refractivity contribution in [2.45, 2.75) is 31.3 Å². The van der Waals surface area contributed by atoms with Crippen LogP contribution < -0.4 is 20.8 Å². The highest BCUT2D eigenvalue weighted by molar-refractivity contribution is 6.31. The van der Waals surface area contributed by atoms with Gasteiger partial charge in [0.05, 0.1) is 10.6 Å². The summed E-state index contributed by atoms with van der Waals surface area (Å²) < 4.78 is 0. The molecule has 0 aliphatic heterocycles. The monoisotopic (exact) mass is 328 g/mol. The molecule has 0 spiro atoms. The summed E-state index contributed by atoms with van der Waals surface area (Å²) in [6, 6.07) is -0.862. The van der Waals surface area contributed by atoms with E-state index in [1.54, 1.807) is 0 Å². The molecule has 0 radical (unpaired) electrons. The van der Waals surface area contributed by atoms with Gasteiger partial charge in [0.2, 0.25) is 5.91 Å². The molecule has 3 N–H and O–H groups in total. The van der Waals surface area contributed by atoms with Crippen molar-refractivity contribution in [1.29, 1.82) is 0 Å². The molecule has 0 aromatic carbocycles. The third-order valence-electron chi connectivity index (χ3n) is 3.97. The van der Waals surface area contributed by atoms with E-state index in [0.717, 1.165) is 0 Å². The summed E-state index contributed by atoms with van der Waals surface area (Å²) in [4.78, 5) is 24.0. The molecule has 2 rings (SSSR count). The molecule has 1 fully saturated rings. The second-order valence-electron chi connectivity index (χ2n) is 5.48. The van der Waals surface area contributed by atoms with Gasteiger partial charge in [0.25, 0.3) is 5.91 Å². The van der Waals surface area contributed by atoms with Gasteiger partial charge in [0.15, 0.2) is 0 Å². The van der Waals surface area contributed by atoms with Gasteiger partial charge in [-0.05, 0) is 30.9 Å². The van der Waals surface area contributed by atoms with Crippen LogP contribution in [0.4, 0.5) is 0 Å². The van der Waals surface area contributed by atoms with E-state index in [0.29, 0.717) is 6.42 Å². The van der Waals surface area contributed by atoms with E-state index in [4.69, 9.17) is 11.6 Å². The van der Waals surface area contributed by atoms with Gasteiger partial charge < -0.3 is 26.0 Å². The standard InChI is InChI=1S/C14H17ClN2O5/c1-16-13(20)10(5-6-4-8(6)14(21)22)17-12(19)7-2-3-9(15)11(7)18/h2-3,6,8,10-11,14,18H,4-5H2,1H3,(H,16,20)(H,17,19)/q-2. The van der Waals surface area contributed by atoms with Gasteiger partial charge in [-0.1, -0.05) is 17.5 Å². The molecule has 22 heavy (non-hydrogen) atoms. The van der Waals surface area contributed by atoms with E-state index in [9.17, 15) is 24.9 Å². The maximum absolute atomic E-state index is 12.1. The quantitative estimate of drug-likeness (QED) is 0.474. The molecule has 2 aliphatic carbocycles. The molecule has 2 aliphatic rings. The van der Waals surface area contributed by atoms with Crippen molar-refractivity contribution in [1.82, 2.24) is 10.6 Å². The lowest BCUT2D eigenvalue weighted by molar-refractivity contribution is -0.664. The Morgan fingerprint density at radius 1 is 1.45 bits per heavy atom. The van der Waals surface area contributed by atoms with Crippen molar-refractivity contribution < 1.29 is 24.9 Å². The Morgan fingerprint density at radius 2 is 2.14 bits per heavy atom. The SMILES string of the molecule is CNC(=O)C(CC1CC1C([O-])[O-])NC(=O)C1=CC=C(Cl)C1O. The molecular formula is C14H17ClN2O5-2. The summed E-state index contributed by atoms with van der Waals surface area (Å²) in [6.45, 7) is 0. The maximum Gasteiger partial charge on any atom is 0.250 e. The highest BCUT2D eigenvalue weighted by atomic mass is 35.5. The lowest BCUT2D eigenvalue weighted by Gasteiger charge is -2.29. The minimum Gasteiger partial charge on any atom is -0.865 e. The van der Waals surface area contributed by atoms with Crippen molar-refractivity contribution in [3.05, 3.63) is 22.8 Å². The number of carbonyl (C=O) groups is 2. The average Bonchev–Trinajstić information content (AvgIpc) is 3.17. The van der Waals surface area contributed by atoms with Crippen LogP contribution in [0.15, 0.2) is 22.8 Å². The number of nitrogens with one attached hydrogen (secondary N) is 2. The number of halogens is 1. The van der Waals surface area contributed by atoms with E-state index in [1.807, 2.05) is 0 Å². The van der Waals surface area contributed by atoms with Crippen LogP contribution in [0.2, 0.25) is 0 Å². The minimum absolute atomic E-state index is 0.0526. The zero-order valence-corrected chi connectivity index (χ0v) is 12.7. The third kappa shape index (κ3) is 3.67. The summed E-state index contributed by atoms with van der Waals surface area (Å²) in [7, 11) is 1.43. The number of hydrogen-bond acceptors (Lipinski definition) is 5. The van der Waals surface area contributed by atoms with Crippen LogP contribution in [-0.2, 0) is 9.59 Å². The summed E-state index contributed by atoms with van der Waals surface area (Å²) >= 11 is 5.71. The van der Waals surface area contributed by atoms with E-state index in [1.165, 1.54) is 19.2 Å². The number of aliphatic hydroxyl groups excluding tert-OH is 1. The molecule has 0 aromatic heterocycles. The van der Waals surface area contributed by atoms with Crippen molar-refractivity contribution in [3.8, 4) is 0 Å². The predicted octanol–water partition coefficient (Wildman–Crippen LogP) is -2.29. The maximum atomic E-state index is 12.1. The fraction of sp³-hybridized carbons (Fsp3) is 0.571. The molecule has 0 bridgehead atoms. The van der Waals surface area contributed by atoms with E-state index in [2.05, 4.69) is 10.6 Å². The first kappa shape index (κ1) is 17.0. The lowest BCUT2D eigenvalue weighted by Crippen LogP contribution is -2.47. The molecule has 122 valence electrons. The molecule has 1 saturated carbocycles. The molecule has 0 aromatic rings.